The van der Waals surface area contributed by atoms with Gasteiger partial charge in [-0.3, -0.25) is 14.5 Å². The molecule has 32 heavy (non-hydrogen) atoms. The summed E-state index contributed by atoms with van der Waals surface area (Å²) in [6.45, 7) is 1.83. The number of rotatable bonds is 4. The minimum absolute atomic E-state index is 0.120. The van der Waals surface area contributed by atoms with Crippen LogP contribution in [0.15, 0.2) is 72.3 Å². The predicted octanol–water partition coefficient (Wildman–Crippen LogP) is 5.42. The number of aliphatic hydroxyl groups is 1. The Morgan fingerprint density at radius 1 is 1.06 bits per heavy atom. The molecule has 0 aliphatic carbocycles. The monoisotopic (exact) mass is 451 g/mol. The normalized spacial score (nSPS) is 17.6. The summed E-state index contributed by atoms with van der Waals surface area (Å²) in [4.78, 5) is 27.4. The van der Waals surface area contributed by atoms with Crippen molar-refractivity contribution in [1.29, 1.82) is 0 Å². The number of aryl methyl sites for hydroxylation is 1. The fourth-order valence-electron chi connectivity index (χ4n) is 3.84. The zero-order chi connectivity index (χ0) is 23.0. The van der Waals surface area contributed by atoms with Crippen LogP contribution >= 0.6 is 11.6 Å². The molecule has 7 heteroatoms. The molecular weight excluding hydrogens is 433 g/mol. The van der Waals surface area contributed by atoms with Crippen LogP contribution in [0.25, 0.3) is 5.76 Å². The van der Waals surface area contributed by atoms with Gasteiger partial charge in [-0.1, -0.05) is 41.4 Å². The number of carbonyl (C=O) groups is 2. The van der Waals surface area contributed by atoms with Crippen molar-refractivity contribution in [3.05, 3.63) is 99.8 Å². The Labute approximate surface area is 189 Å². The lowest BCUT2D eigenvalue weighted by Gasteiger charge is -2.25. The number of hydrogen-bond donors (Lipinski definition) is 1. The third-order valence-electron chi connectivity index (χ3n) is 5.33. The number of carbonyl (C=O) groups excluding carboxylic acids is 2. The lowest BCUT2D eigenvalue weighted by Crippen LogP contribution is -2.29. The highest BCUT2D eigenvalue weighted by atomic mass is 35.5. The second-order valence-electron chi connectivity index (χ2n) is 7.40. The number of amides is 1. The molecule has 3 aromatic carbocycles. The van der Waals surface area contributed by atoms with Gasteiger partial charge < -0.3 is 9.84 Å². The maximum atomic E-state index is 14.0. The van der Waals surface area contributed by atoms with Gasteiger partial charge in [0, 0.05) is 10.7 Å². The summed E-state index contributed by atoms with van der Waals surface area (Å²) in [5.41, 5.74) is 1.72. The number of hydrogen-bond acceptors (Lipinski definition) is 4. The summed E-state index contributed by atoms with van der Waals surface area (Å²) in [5.74, 6) is -2.33. The van der Waals surface area contributed by atoms with Gasteiger partial charge in [-0.05, 0) is 55.0 Å². The molecular formula is C25H19ClFNO4. The van der Waals surface area contributed by atoms with E-state index in [-0.39, 0.29) is 22.6 Å². The van der Waals surface area contributed by atoms with Crippen LogP contribution in [-0.4, -0.2) is 23.9 Å². The zero-order valence-electron chi connectivity index (χ0n) is 17.3. The zero-order valence-corrected chi connectivity index (χ0v) is 18.1. The number of aliphatic hydroxyl groups excluding tert-OH is 1. The molecule has 0 saturated carbocycles. The van der Waals surface area contributed by atoms with Crippen LogP contribution in [-0.2, 0) is 9.59 Å². The lowest BCUT2D eigenvalue weighted by atomic mass is 9.94. The number of Topliss-reactive ketones (excluding diaryl/α,β-unsaturated/α-hetero) is 1. The molecule has 1 heterocycles. The van der Waals surface area contributed by atoms with Crippen molar-refractivity contribution in [2.24, 2.45) is 0 Å². The summed E-state index contributed by atoms with van der Waals surface area (Å²) < 4.78 is 19.3. The number of anilines is 1. The SMILES string of the molecule is COc1ccc(C)cc1/C(O)=C1\C(=O)C(=O)N(c2cccc(F)c2)C1c1ccc(Cl)cc1. The molecule has 162 valence electrons. The van der Waals surface area contributed by atoms with Crippen molar-refractivity contribution in [2.45, 2.75) is 13.0 Å². The van der Waals surface area contributed by atoms with Gasteiger partial charge in [-0.25, -0.2) is 4.39 Å². The number of methoxy groups -OCH3 is 1. The average Bonchev–Trinajstić information content (AvgIpc) is 3.04. The van der Waals surface area contributed by atoms with E-state index in [2.05, 4.69) is 0 Å². The molecule has 3 aromatic rings. The molecule has 4 rings (SSSR count). The van der Waals surface area contributed by atoms with E-state index in [0.717, 1.165) is 5.56 Å². The van der Waals surface area contributed by atoms with Crippen molar-refractivity contribution in [3.8, 4) is 5.75 Å². The van der Waals surface area contributed by atoms with Crippen molar-refractivity contribution >= 4 is 34.7 Å². The van der Waals surface area contributed by atoms with Gasteiger partial charge in [0.05, 0.1) is 24.3 Å². The Kier molecular flexibility index (Phi) is 5.72. The van der Waals surface area contributed by atoms with Crippen LogP contribution in [0.1, 0.15) is 22.7 Å². The number of ether oxygens (including phenoxy) is 1. The van der Waals surface area contributed by atoms with Gasteiger partial charge >= 0.3 is 0 Å². The molecule has 0 bridgehead atoms. The molecule has 1 atom stereocenters. The van der Waals surface area contributed by atoms with Gasteiger partial charge in [-0.2, -0.15) is 0 Å². The highest BCUT2D eigenvalue weighted by Crippen LogP contribution is 2.43. The first-order chi connectivity index (χ1) is 15.3. The van der Waals surface area contributed by atoms with Gasteiger partial charge in [0.15, 0.2) is 0 Å². The molecule has 1 saturated heterocycles. The Hall–Kier alpha value is -3.64. The second-order valence-corrected chi connectivity index (χ2v) is 7.84. The fourth-order valence-corrected chi connectivity index (χ4v) is 3.96. The minimum Gasteiger partial charge on any atom is -0.507 e. The minimum atomic E-state index is -0.987. The quantitative estimate of drug-likeness (QED) is 0.326. The largest absolute Gasteiger partial charge is 0.507 e. The smallest absolute Gasteiger partial charge is 0.300 e. The van der Waals surface area contributed by atoms with Crippen molar-refractivity contribution in [2.75, 3.05) is 12.0 Å². The summed E-state index contributed by atoms with van der Waals surface area (Å²) >= 11 is 6.03. The first kappa shape index (κ1) is 21.6. The van der Waals surface area contributed by atoms with Crippen LogP contribution in [0.4, 0.5) is 10.1 Å². The molecule has 1 aliphatic rings. The van der Waals surface area contributed by atoms with Crippen molar-refractivity contribution in [1.82, 2.24) is 0 Å². The van der Waals surface area contributed by atoms with E-state index in [4.69, 9.17) is 16.3 Å². The highest BCUT2D eigenvalue weighted by Gasteiger charge is 2.47. The fraction of sp³-hybridized carbons (Fsp3) is 0.120. The van der Waals surface area contributed by atoms with Gasteiger partial charge in [-0.15, -0.1) is 0 Å². The molecule has 1 aliphatic heterocycles. The molecule has 0 spiro atoms. The Morgan fingerprint density at radius 3 is 2.44 bits per heavy atom. The van der Waals surface area contributed by atoms with E-state index >= 15 is 0 Å². The van der Waals surface area contributed by atoms with Crippen LogP contribution in [0, 0.1) is 12.7 Å². The standard InChI is InChI=1S/C25H19ClFNO4/c1-14-6-11-20(32-2)19(12-14)23(29)21-22(15-7-9-16(26)10-8-15)28(25(31)24(21)30)18-5-3-4-17(27)13-18/h3-13,22,29H,1-2H3/b23-21+. The number of nitrogens with zero attached hydrogens (tertiary/aromatic N) is 1. The van der Waals surface area contributed by atoms with E-state index in [1.807, 2.05) is 6.92 Å². The Morgan fingerprint density at radius 2 is 1.78 bits per heavy atom. The summed E-state index contributed by atoms with van der Waals surface area (Å²) in [6, 6.07) is 16.1. The maximum absolute atomic E-state index is 14.0. The summed E-state index contributed by atoms with van der Waals surface area (Å²) in [7, 11) is 1.45. The summed E-state index contributed by atoms with van der Waals surface area (Å²) in [6.07, 6.45) is 0. The van der Waals surface area contributed by atoms with E-state index in [9.17, 15) is 19.1 Å². The van der Waals surface area contributed by atoms with Gasteiger partial charge in [0.1, 0.15) is 17.3 Å². The topological polar surface area (TPSA) is 66.8 Å². The first-order valence-corrected chi connectivity index (χ1v) is 10.2. The van der Waals surface area contributed by atoms with Crippen LogP contribution in [0.3, 0.4) is 0 Å². The van der Waals surface area contributed by atoms with Crippen LogP contribution in [0.5, 0.6) is 5.75 Å². The van der Waals surface area contributed by atoms with Crippen molar-refractivity contribution in [3.63, 3.8) is 0 Å². The number of halogens is 2. The van der Waals surface area contributed by atoms with E-state index in [0.29, 0.717) is 16.3 Å². The van der Waals surface area contributed by atoms with Crippen LogP contribution < -0.4 is 9.64 Å². The predicted molar refractivity (Wildman–Crippen MR) is 120 cm³/mol. The third-order valence-corrected chi connectivity index (χ3v) is 5.58. The first-order valence-electron chi connectivity index (χ1n) is 9.79. The molecule has 1 unspecified atom stereocenters. The average molecular weight is 452 g/mol. The molecule has 0 radical (unpaired) electrons. The number of ketones is 1. The molecule has 1 N–H and O–H groups in total. The Balaban J connectivity index is 1.99. The van der Waals surface area contributed by atoms with Crippen molar-refractivity contribution < 1.29 is 23.8 Å². The lowest BCUT2D eigenvalue weighted by molar-refractivity contribution is -0.132. The molecule has 1 fully saturated rings. The number of benzene rings is 3. The van der Waals surface area contributed by atoms with E-state index < -0.39 is 23.5 Å². The molecule has 5 nitrogen and oxygen atoms in total. The highest BCUT2D eigenvalue weighted by molar-refractivity contribution is 6.51. The maximum Gasteiger partial charge on any atom is 0.300 e. The second kappa shape index (κ2) is 8.48. The third kappa shape index (κ3) is 3.74. The molecule has 0 aromatic heterocycles. The van der Waals surface area contributed by atoms with Gasteiger partial charge in [0.25, 0.3) is 11.7 Å². The van der Waals surface area contributed by atoms with Crippen LogP contribution in [0.2, 0.25) is 5.02 Å². The van der Waals surface area contributed by atoms with E-state index in [1.165, 1.54) is 36.3 Å². The molecule has 1 amide bonds. The summed E-state index contributed by atoms with van der Waals surface area (Å²) in [5, 5.41) is 11.7. The Bertz CT molecular complexity index is 1250. The van der Waals surface area contributed by atoms with Gasteiger partial charge in [0.2, 0.25) is 0 Å². The van der Waals surface area contributed by atoms with E-state index in [1.54, 1.807) is 42.5 Å².